The van der Waals surface area contributed by atoms with E-state index in [-0.39, 0.29) is 21.3 Å². The average molecular weight is 320 g/mol. The molecule has 106 valence electrons. The second-order valence-electron chi connectivity index (χ2n) is 4.44. The van der Waals surface area contributed by atoms with Gasteiger partial charge < -0.3 is 10.5 Å². The maximum atomic E-state index is 12.2. The van der Waals surface area contributed by atoms with Gasteiger partial charge in [-0.25, -0.2) is 13.1 Å². The normalized spacial score (nSPS) is 21.4. The van der Waals surface area contributed by atoms with E-state index >= 15 is 0 Å². The molecule has 0 amide bonds. The summed E-state index contributed by atoms with van der Waals surface area (Å²) in [5.41, 5.74) is 5.48. The highest BCUT2D eigenvalue weighted by molar-refractivity contribution is 7.91. The van der Waals surface area contributed by atoms with Crippen LogP contribution >= 0.6 is 23.6 Å². The van der Waals surface area contributed by atoms with Gasteiger partial charge in [-0.3, -0.25) is 0 Å². The highest BCUT2D eigenvalue weighted by Gasteiger charge is 2.27. The molecule has 1 aromatic heterocycles. The first kappa shape index (κ1) is 14.9. The van der Waals surface area contributed by atoms with E-state index in [0.29, 0.717) is 11.5 Å². The van der Waals surface area contributed by atoms with Gasteiger partial charge in [-0.15, -0.1) is 11.3 Å². The summed E-state index contributed by atoms with van der Waals surface area (Å²) >= 11 is 5.90. The highest BCUT2D eigenvalue weighted by atomic mass is 32.2. The zero-order chi connectivity index (χ0) is 14.0. The molecule has 1 saturated heterocycles. The summed E-state index contributed by atoms with van der Waals surface area (Å²) in [6, 6.07) is 2.89. The van der Waals surface area contributed by atoms with Crippen molar-refractivity contribution in [1.29, 1.82) is 0 Å². The van der Waals surface area contributed by atoms with Crippen molar-refractivity contribution in [3.8, 4) is 0 Å². The van der Waals surface area contributed by atoms with Crippen molar-refractivity contribution in [1.82, 2.24) is 4.72 Å². The fourth-order valence-corrected chi connectivity index (χ4v) is 4.61. The van der Waals surface area contributed by atoms with Gasteiger partial charge in [-0.1, -0.05) is 12.2 Å². The van der Waals surface area contributed by atoms with Gasteiger partial charge in [0, 0.05) is 12.6 Å². The molecular formula is C11H16N2O3S3. The van der Waals surface area contributed by atoms with E-state index in [9.17, 15) is 8.42 Å². The molecule has 19 heavy (non-hydrogen) atoms. The first-order valence-electron chi connectivity index (χ1n) is 5.94. The van der Waals surface area contributed by atoms with Gasteiger partial charge in [0.05, 0.1) is 11.0 Å². The molecular weight excluding hydrogens is 304 g/mol. The topological polar surface area (TPSA) is 81.4 Å². The minimum absolute atomic E-state index is 0.0511. The lowest BCUT2D eigenvalue weighted by Gasteiger charge is -2.19. The zero-order valence-corrected chi connectivity index (χ0v) is 12.9. The lowest BCUT2D eigenvalue weighted by atomic mass is 10.1. The Hall–Kier alpha value is -0.540. The van der Waals surface area contributed by atoms with E-state index in [1.165, 1.54) is 6.07 Å². The van der Waals surface area contributed by atoms with Crippen LogP contribution in [-0.4, -0.2) is 32.2 Å². The number of ether oxygens (including phenoxy) is 1. The second kappa shape index (κ2) is 5.84. The van der Waals surface area contributed by atoms with E-state index in [1.54, 1.807) is 6.07 Å². The summed E-state index contributed by atoms with van der Waals surface area (Å²) in [5, 5.41) is 0. The maximum Gasteiger partial charge on any atom is 0.250 e. The van der Waals surface area contributed by atoms with E-state index in [0.717, 1.165) is 24.2 Å². The van der Waals surface area contributed by atoms with Gasteiger partial charge in [0.25, 0.3) is 0 Å². The molecule has 0 radical (unpaired) electrons. The molecule has 0 aliphatic carbocycles. The Bertz CT molecular complexity index is 561. The molecule has 1 aliphatic rings. The van der Waals surface area contributed by atoms with Crippen LogP contribution in [0.2, 0.25) is 0 Å². The second-order valence-corrected chi connectivity index (χ2v) is 7.91. The number of hydrogen-bond acceptors (Lipinski definition) is 5. The summed E-state index contributed by atoms with van der Waals surface area (Å²) < 4.78 is 32.7. The molecule has 0 saturated carbocycles. The van der Waals surface area contributed by atoms with Gasteiger partial charge in [-0.05, 0) is 31.9 Å². The summed E-state index contributed by atoms with van der Waals surface area (Å²) in [4.78, 5) is 0.804. The van der Waals surface area contributed by atoms with Crippen molar-refractivity contribution in [2.45, 2.75) is 36.1 Å². The first-order valence-corrected chi connectivity index (χ1v) is 8.64. The Morgan fingerprint density at radius 3 is 2.89 bits per heavy atom. The molecule has 0 spiro atoms. The number of thiophene rings is 1. The standard InChI is InChI=1S/C11H16N2O3S3/c1-7(8-3-2-6-16-8)13-19(14,15)10-5-4-9(18-10)11(12)17/h4-5,7-8,13H,2-3,6H2,1H3,(H2,12,17). The van der Waals surface area contributed by atoms with Gasteiger partial charge in [0.15, 0.2) is 0 Å². The van der Waals surface area contributed by atoms with Gasteiger partial charge in [0.2, 0.25) is 10.0 Å². The fourth-order valence-electron chi connectivity index (χ4n) is 1.97. The lowest BCUT2D eigenvalue weighted by molar-refractivity contribution is 0.0902. The van der Waals surface area contributed by atoms with Crippen molar-refractivity contribution in [3.05, 3.63) is 17.0 Å². The molecule has 0 bridgehead atoms. The average Bonchev–Trinajstić information content (AvgIpc) is 3.00. The van der Waals surface area contributed by atoms with Crippen molar-refractivity contribution in [2.24, 2.45) is 5.73 Å². The number of hydrogen-bond donors (Lipinski definition) is 2. The Morgan fingerprint density at radius 1 is 1.63 bits per heavy atom. The third-order valence-corrected chi connectivity index (χ3v) is 6.47. The number of rotatable bonds is 5. The van der Waals surface area contributed by atoms with E-state index in [2.05, 4.69) is 4.72 Å². The van der Waals surface area contributed by atoms with Gasteiger partial charge >= 0.3 is 0 Å². The smallest absolute Gasteiger partial charge is 0.250 e. The Morgan fingerprint density at radius 2 is 2.37 bits per heavy atom. The van der Waals surface area contributed by atoms with Crippen molar-refractivity contribution in [3.63, 3.8) is 0 Å². The van der Waals surface area contributed by atoms with Crippen LogP contribution in [0.5, 0.6) is 0 Å². The third kappa shape index (κ3) is 3.51. The zero-order valence-electron chi connectivity index (χ0n) is 10.5. The monoisotopic (exact) mass is 320 g/mol. The SMILES string of the molecule is CC(NS(=O)(=O)c1ccc(C(N)=S)s1)C1CCCO1. The molecule has 2 atom stereocenters. The fraction of sp³-hybridized carbons (Fsp3) is 0.545. The Kier molecular flexibility index (Phi) is 4.57. The molecule has 2 heterocycles. The largest absolute Gasteiger partial charge is 0.389 e. The molecule has 8 heteroatoms. The minimum Gasteiger partial charge on any atom is -0.389 e. The maximum absolute atomic E-state index is 12.2. The van der Waals surface area contributed by atoms with Crippen LogP contribution in [0.25, 0.3) is 0 Å². The molecule has 5 nitrogen and oxygen atoms in total. The number of sulfonamides is 1. The van der Waals surface area contributed by atoms with Crippen LogP contribution < -0.4 is 10.5 Å². The molecule has 3 N–H and O–H groups in total. The molecule has 1 fully saturated rings. The molecule has 2 rings (SSSR count). The van der Waals surface area contributed by atoms with Crippen LogP contribution in [0.4, 0.5) is 0 Å². The van der Waals surface area contributed by atoms with Crippen LogP contribution in [0.15, 0.2) is 16.3 Å². The van der Waals surface area contributed by atoms with Crippen LogP contribution in [0, 0.1) is 0 Å². The van der Waals surface area contributed by atoms with Gasteiger partial charge in [-0.2, -0.15) is 0 Å². The van der Waals surface area contributed by atoms with Crippen molar-refractivity contribution < 1.29 is 13.2 Å². The number of nitrogens with two attached hydrogens (primary N) is 1. The first-order chi connectivity index (χ1) is 8.90. The van der Waals surface area contributed by atoms with Crippen LogP contribution in [0.1, 0.15) is 24.6 Å². The molecule has 2 unspecified atom stereocenters. The van der Waals surface area contributed by atoms with Crippen molar-refractivity contribution in [2.75, 3.05) is 6.61 Å². The molecule has 1 aromatic rings. The third-order valence-electron chi connectivity index (χ3n) is 2.95. The summed E-state index contributed by atoms with van der Waals surface area (Å²) in [6.45, 7) is 2.51. The number of thiocarbonyl (C=S) groups is 1. The predicted octanol–water partition coefficient (Wildman–Crippen LogP) is 1.23. The quantitative estimate of drug-likeness (QED) is 0.798. The molecule has 1 aliphatic heterocycles. The van der Waals surface area contributed by atoms with Crippen LogP contribution in [-0.2, 0) is 14.8 Å². The van der Waals surface area contributed by atoms with E-state index in [1.807, 2.05) is 6.92 Å². The van der Waals surface area contributed by atoms with E-state index in [4.69, 9.17) is 22.7 Å². The Balaban J connectivity index is 2.10. The summed E-state index contributed by atoms with van der Waals surface area (Å²) in [6.07, 6.45) is 1.80. The van der Waals surface area contributed by atoms with E-state index < -0.39 is 10.0 Å². The summed E-state index contributed by atoms with van der Waals surface area (Å²) in [5.74, 6) is 0. The number of nitrogens with one attached hydrogen (secondary N) is 1. The Labute approximate surface area is 122 Å². The minimum atomic E-state index is -3.54. The lowest BCUT2D eigenvalue weighted by Crippen LogP contribution is -2.40. The van der Waals surface area contributed by atoms with Crippen LogP contribution in [0.3, 0.4) is 0 Å². The summed E-state index contributed by atoms with van der Waals surface area (Å²) in [7, 11) is -3.54. The predicted molar refractivity (Wildman–Crippen MR) is 79.0 cm³/mol. The molecule has 0 aromatic carbocycles. The van der Waals surface area contributed by atoms with Crippen molar-refractivity contribution >= 4 is 38.6 Å². The highest BCUT2D eigenvalue weighted by Crippen LogP contribution is 2.23. The van der Waals surface area contributed by atoms with Gasteiger partial charge in [0.1, 0.15) is 9.20 Å².